The minimum Gasteiger partial charge on any atom is -0.495 e. The lowest BCUT2D eigenvalue weighted by Gasteiger charge is -2.30. The summed E-state index contributed by atoms with van der Waals surface area (Å²) in [5.41, 5.74) is 10.3. The SMILES string of the molecule is COC1=CC(N)(OC)C(N)N=C1. The first-order chi connectivity index (χ1) is 5.62. The molecule has 0 aliphatic carbocycles. The molecule has 0 amide bonds. The zero-order chi connectivity index (χ0) is 9.19. The van der Waals surface area contributed by atoms with Gasteiger partial charge in [0.1, 0.15) is 11.9 Å². The van der Waals surface area contributed by atoms with Gasteiger partial charge in [0.15, 0.2) is 5.72 Å². The summed E-state index contributed by atoms with van der Waals surface area (Å²) in [5, 5.41) is 0. The Bertz CT molecular complexity index is 227. The van der Waals surface area contributed by atoms with Crippen LogP contribution in [0.25, 0.3) is 0 Å². The van der Waals surface area contributed by atoms with Crippen LogP contribution in [0.15, 0.2) is 16.8 Å². The summed E-state index contributed by atoms with van der Waals surface area (Å²) >= 11 is 0. The first-order valence-corrected chi connectivity index (χ1v) is 3.52. The van der Waals surface area contributed by atoms with Crippen molar-refractivity contribution in [2.45, 2.75) is 11.9 Å². The van der Waals surface area contributed by atoms with Crippen LogP contribution in [0, 0.1) is 0 Å². The van der Waals surface area contributed by atoms with Gasteiger partial charge in [-0.2, -0.15) is 0 Å². The highest BCUT2D eigenvalue weighted by Crippen LogP contribution is 2.16. The molecule has 0 radical (unpaired) electrons. The van der Waals surface area contributed by atoms with Gasteiger partial charge in [0.25, 0.3) is 0 Å². The summed E-state index contributed by atoms with van der Waals surface area (Å²) in [6.07, 6.45) is 2.54. The first-order valence-electron chi connectivity index (χ1n) is 3.52. The topological polar surface area (TPSA) is 82.9 Å². The van der Waals surface area contributed by atoms with Crippen molar-refractivity contribution in [3.63, 3.8) is 0 Å². The molecule has 5 heteroatoms. The maximum atomic E-state index is 5.75. The fourth-order valence-corrected chi connectivity index (χ4v) is 0.907. The Balaban J connectivity index is 2.88. The maximum Gasteiger partial charge on any atom is 0.174 e. The second-order valence-corrected chi connectivity index (χ2v) is 2.53. The van der Waals surface area contributed by atoms with E-state index in [0.717, 1.165) is 0 Å². The van der Waals surface area contributed by atoms with Crippen LogP contribution in [0.1, 0.15) is 0 Å². The van der Waals surface area contributed by atoms with Crippen molar-refractivity contribution in [2.75, 3.05) is 14.2 Å². The van der Waals surface area contributed by atoms with E-state index in [2.05, 4.69) is 4.99 Å². The van der Waals surface area contributed by atoms with Gasteiger partial charge in [0, 0.05) is 13.2 Å². The molecule has 0 aromatic heterocycles. The van der Waals surface area contributed by atoms with E-state index >= 15 is 0 Å². The van der Waals surface area contributed by atoms with Gasteiger partial charge >= 0.3 is 0 Å². The van der Waals surface area contributed by atoms with E-state index in [9.17, 15) is 0 Å². The number of allylic oxidation sites excluding steroid dienone is 1. The highest BCUT2D eigenvalue weighted by Gasteiger charge is 2.33. The lowest BCUT2D eigenvalue weighted by atomic mass is 10.1. The predicted octanol–water partition coefficient (Wildman–Crippen LogP) is -0.813. The standard InChI is InChI=1S/C7H13N3O2/c1-11-5-3-7(9,12-2)6(8)10-4-5/h3-4,6H,8-9H2,1-2H3. The number of aliphatic imine (C=N–C) groups is 1. The number of nitrogens with zero attached hydrogens (tertiary/aromatic N) is 1. The Morgan fingerprint density at radius 3 is 2.75 bits per heavy atom. The zero-order valence-corrected chi connectivity index (χ0v) is 7.15. The van der Waals surface area contributed by atoms with Crippen molar-refractivity contribution < 1.29 is 9.47 Å². The summed E-state index contributed by atoms with van der Waals surface area (Å²) in [7, 11) is 3.01. The third-order valence-corrected chi connectivity index (χ3v) is 1.78. The Morgan fingerprint density at radius 2 is 2.25 bits per heavy atom. The summed E-state index contributed by atoms with van der Waals surface area (Å²) < 4.78 is 9.94. The second kappa shape index (κ2) is 3.22. The summed E-state index contributed by atoms with van der Waals surface area (Å²) in [5.74, 6) is 0.557. The molecule has 0 aromatic carbocycles. The lowest BCUT2D eigenvalue weighted by molar-refractivity contribution is 0.0136. The molecule has 1 heterocycles. The van der Waals surface area contributed by atoms with Crippen molar-refractivity contribution in [3.8, 4) is 0 Å². The molecule has 1 rings (SSSR count). The number of ether oxygens (including phenoxy) is 2. The molecule has 0 spiro atoms. The normalized spacial score (nSPS) is 34.7. The van der Waals surface area contributed by atoms with E-state index in [1.807, 2.05) is 0 Å². The predicted molar refractivity (Wildman–Crippen MR) is 45.5 cm³/mol. The smallest absolute Gasteiger partial charge is 0.174 e. The van der Waals surface area contributed by atoms with Gasteiger partial charge < -0.3 is 15.2 Å². The van der Waals surface area contributed by atoms with Gasteiger partial charge in [-0.1, -0.05) is 0 Å². The third kappa shape index (κ3) is 1.47. The number of methoxy groups -OCH3 is 2. The van der Waals surface area contributed by atoms with E-state index in [1.165, 1.54) is 20.4 Å². The van der Waals surface area contributed by atoms with Crippen LogP contribution >= 0.6 is 0 Å². The molecule has 0 saturated carbocycles. The minimum absolute atomic E-state index is 0.557. The van der Waals surface area contributed by atoms with Crippen LogP contribution in [-0.2, 0) is 9.47 Å². The van der Waals surface area contributed by atoms with Gasteiger partial charge in [0.05, 0.1) is 13.3 Å². The van der Waals surface area contributed by atoms with Crippen molar-refractivity contribution >= 4 is 6.21 Å². The molecule has 0 aromatic rings. The molecule has 0 saturated heterocycles. The zero-order valence-electron chi connectivity index (χ0n) is 7.15. The maximum absolute atomic E-state index is 5.75. The average molecular weight is 171 g/mol. The summed E-state index contributed by atoms with van der Waals surface area (Å²) in [6, 6.07) is 0. The Labute approximate surface area is 71.0 Å². The average Bonchev–Trinajstić information content (AvgIpc) is 2.10. The van der Waals surface area contributed by atoms with Gasteiger partial charge in [-0.15, -0.1) is 0 Å². The molecule has 68 valence electrons. The van der Waals surface area contributed by atoms with Crippen LogP contribution in [0.4, 0.5) is 0 Å². The van der Waals surface area contributed by atoms with Gasteiger partial charge in [-0.25, -0.2) is 0 Å². The number of nitrogens with two attached hydrogens (primary N) is 2. The fourth-order valence-electron chi connectivity index (χ4n) is 0.907. The Hall–Kier alpha value is -0.910. The van der Waals surface area contributed by atoms with Crippen LogP contribution in [0.3, 0.4) is 0 Å². The van der Waals surface area contributed by atoms with Gasteiger partial charge in [0.2, 0.25) is 0 Å². The van der Waals surface area contributed by atoms with E-state index in [-0.39, 0.29) is 0 Å². The van der Waals surface area contributed by atoms with E-state index in [1.54, 1.807) is 6.08 Å². The molecule has 12 heavy (non-hydrogen) atoms. The molecular weight excluding hydrogens is 158 g/mol. The molecule has 1 aliphatic rings. The van der Waals surface area contributed by atoms with E-state index < -0.39 is 11.9 Å². The van der Waals surface area contributed by atoms with Gasteiger partial charge in [-0.3, -0.25) is 10.7 Å². The Morgan fingerprint density at radius 1 is 1.58 bits per heavy atom. The summed E-state index contributed by atoms with van der Waals surface area (Å²) in [4.78, 5) is 3.92. The summed E-state index contributed by atoms with van der Waals surface area (Å²) in [6.45, 7) is 0. The van der Waals surface area contributed by atoms with Crippen molar-refractivity contribution in [2.24, 2.45) is 16.5 Å². The minimum atomic E-state index is -1.06. The van der Waals surface area contributed by atoms with Crippen LogP contribution in [0.2, 0.25) is 0 Å². The molecule has 2 unspecified atom stereocenters. The molecule has 4 N–H and O–H groups in total. The quantitative estimate of drug-likeness (QED) is 0.532. The van der Waals surface area contributed by atoms with E-state index in [0.29, 0.717) is 5.76 Å². The first kappa shape index (κ1) is 9.18. The molecule has 2 atom stereocenters. The second-order valence-electron chi connectivity index (χ2n) is 2.53. The highest BCUT2D eigenvalue weighted by molar-refractivity contribution is 5.77. The lowest BCUT2D eigenvalue weighted by Crippen LogP contribution is -2.56. The number of rotatable bonds is 2. The van der Waals surface area contributed by atoms with Gasteiger partial charge in [-0.05, 0) is 0 Å². The molecule has 1 aliphatic heterocycles. The molecular formula is C7H13N3O2. The number of dihydropyridines is 1. The third-order valence-electron chi connectivity index (χ3n) is 1.78. The largest absolute Gasteiger partial charge is 0.495 e. The van der Waals surface area contributed by atoms with E-state index in [4.69, 9.17) is 20.9 Å². The van der Waals surface area contributed by atoms with Crippen LogP contribution in [-0.4, -0.2) is 32.3 Å². The number of hydrogen-bond donors (Lipinski definition) is 2. The molecule has 0 bridgehead atoms. The van der Waals surface area contributed by atoms with Crippen molar-refractivity contribution in [3.05, 3.63) is 11.8 Å². The highest BCUT2D eigenvalue weighted by atomic mass is 16.5. The number of hydrogen-bond acceptors (Lipinski definition) is 5. The molecule has 0 fully saturated rings. The molecule has 5 nitrogen and oxygen atoms in total. The van der Waals surface area contributed by atoms with Crippen molar-refractivity contribution in [1.29, 1.82) is 0 Å². The fraction of sp³-hybridized carbons (Fsp3) is 0.571. The van der Waals surface area contributed by atoms with Crippen molar-refractivity contribution in [1.82, 2.24) is 0 Å². The Kier molecular flexibility index (Phi) is 2.46. The van der Waals surface area contributed by atoms with Crippen LogP contribution in [0.5, 0.6) is 0 Å². The monoisotopic (exact) mass is 171 g/mol. The van der Waals surface area contributed by atoms with Crippen LogP contribution < -0.4 is 11.5 Å².